The summed E-state index contributed by atoms with van der Waals surface area (Å²) < 4.78 is 0. The first kappa shape index (κ1) is 10.0. The molecule has 0 aliphatic carbocycles. The number of hydrogen-bond acceptors (Lipinski definition) is 2. The molecule has 1 unspecified atom stereocenters. The van der Waals surface area contributed by atoms with Crippen molar-refractivity contribution in [3.63, 3.8) is 0 Å². The maximum atomic E-state index is 10.0. The number of β-amino-alcohol motifs (C(OH)–C–C–N with tert-alkyl or cyclic N) is 1. The smallest absolute Gasteiger partial charge is 0.0768 e. The van der Waals surface area contributed by atoms with Crippen molar-refractivity contribution in [3.05, 3.63) is 0 Å². The molecule has 0 amide bonds. The molecule has 1 aliphatic rings. The third kappa shape index (κ3) is 2.46. The van der Waals surface area contributed by atoms with Gasteiger partial charge in [-0.15, -0.1) is 0 Å². The second-order valence-electron chi connectivity index (χ2n) is 4.50. The van der Waals surface area contributed by atoms with E-state index in [1.807, 2.05) is 6.92 Å². The van der Waals surface area contributed by atoms with E-state index in [9.17, 15) is 5.11 Å². The lowest BCUT2D eigenvalue weighted by Gasteiger charge is -2.32. The molecule has 2 nitrogen and oxygen atoms in total. The van der Waals surface area contributed by atoms with E-state index in [0.29, 0.717) is 5.92 Å². The van der Waals surface area contributed by atoms with Gasteiger partial charge in [0.25, 0.3) is 0 Å². The van der Waals surface area contributed by atoms with E-state index in [1.165, 1.54) is 25.9 Å². The van der Waals surface area contributed by atoms with Crippen LogP contribution in [0.4, 0.5) is 0 Å². The fourth-order valence-electron chi connectivity index (χ4n) is 1.58. The lowest BCUT2D eigenvalue weighted by molar-refractivity contribution is -0.0136. The van der Waals surface area contributed by atoms with Crippen LogP contribution in [0.25, 0.3) is 0 Å². The highest BCUT2D eigenvalue weighted by Gasteiger charge is 2.28. The predicted octanol–water partition coefficient (Wildman–Crippen LogP) is 1.49. The highest BCUT2D eigenvalue weighted by molar-refractivity contribution is 4.82. The molecular weight excluding hydrogens is 150 g/mol. The van der Waals surface area contributed by atoms with Crippen molar-refractivity contribution in [1.29, 1.82) is 0 Å². The van der Waals surface area contributed by atoms with Gasteiger partial charge in [0.15, 0.2) is 0 Å². The molecule has 0 aromatic carbocycles. The zero-order valence-corrected chi connectivity index (χ0v) is 8.51. The Morgan fingerprint density at radius 1 is 1.33 bits per heavy atom. The van der Waals surface area contributed by atoms with Crippen LogP contribution in [-0.2, 0) is 0 Å². The molecule has 1 heterocycles. The second-order valence-corrected chi connectivity index (χ2v) is 4.50. The van der Waals surface area contributed by atoms with Gasteiger partial charge in [0.1, 0.15) is 0 Å². The number of aliphatic hydroxyl groups is 1. The number of hydrogen-bond donors (Lipinski definition) is 1. The molecule has 1 aliphatic heterocycles. The fourth-order valence-corrected chi connectivity index (χ4v) is 1.58. The standard InChI is InChI=1S/C10H21NO/c1-9(2)10(3,12)8-11-6-4-5-7-11/h9,12H,4-8H2,1-3H3. The highest BCUT2D eigenvalue weighted by Crippen LogP contribution is 2.19. The average molecular weight is 171 g/mol. The van der Waals surface area contributed by atoms with Crippen LogP contribution in [0, 0.1) is 5.92 Å². The van der Waals surface area contributed by atoms with Crippen molar-refractivity contribution >= 4 is 0 Å². The molecule has 0 aromatic rings. The molecule has 1 fully saturated rings. The Morgan fingerprint density at radius 2 is 1.83 bits per heavy atom. The van der Waals surface area contributed by atoms with Gasteiger partial charge in [-0.05, 0) is 38.8 Å². The van der Waals surface area contributed by atoms with Crippen LogP contribution in [0.2, 0.25) is 0 Å². The highest BCUT2D eigenvalue weighted by atomic mass is 16.3. The summed E-state index contributed by atoms with van der Waals surface area (Å²) in [4.78, 5) is 2.36. The third-order valence-corrected chi connectivity index (χ3v) is 2.99. The van der Waals surface area contributed by atoms with E-state index < -0.39 is 5.60 Å². The van der Waals surface area contributed by atoms with Crippen molar-refractivity contribution in [3.8, 4) is 0 Å². The Morgan fingerprint density at radius 3 is 2.25 bits per heavy atom. The summed E-state index contributed by atoms with van der Waals surface area (Å²) in [6.45, 7) is 9.28. The summed E-state index contributed by atoms with van der Waals surface area (Å²) in [5.41, 5.74) is -0.510. The minimum atomic E-state index is -0.510. The topological polar surface area (TPSA) is 23.5 Å². The first-order valence-electron chi connectivity index (χ1n) is 4.97. The predicted molar refractivity (Wildman–Crippen MR) is 51.1 cm³/mol. The largest absolute Gasteiger partial charge is 0.389 e. The van der Waals surface area contributed by atoms with Gasteiger partial charge < -0.3 is 10.0 Å². The molecule has 1 atom stereocenters. The van der Waals surface area contributed by atoms with Gasteiger partial charge in [-0.1, -0.05) is 13.8 Å². The van der Waals surface area contributed by atoms with Crippen molar-refractivity contribution in [1.82, 2.24) is 4.90 Å². The van der Waals surface area contributed by atoms with Gasteiger partial charge in [-0.3, -0.25) is 0 Å². The quantitative estimate of drug-likeness (QED) is 0.695. The molecule has 12 heavy (non-hydrogen) atoms. The Balaban J connectivity index is 2.37. The minimum Gasteiger partial charge on any atom is -0.389 e. The summed E-state index contributed by atoms with van der Waals surface area (Å²) in [5, 5.41) is 10.0. The fraction of sp³-hybridized carbons (Fsp3) is 1.00. The van der Waals surface area contributed by atoms with Gasteiger partial charge in [0.05, 0.1) is 5.60 Å². The first-order valence-corrected chi connectivity index (χ1v) is 4.97. The van der Waals surface area contributed by atoms with Gasteiger partial charge in [-0.2, -0.15) is 0 Å². The van der Waals surface area contributed by atoms with Gasteiger partial charge >= 0.3 is 0 Å². The van der Waals surface area contributed by atoms with Gasteiger partial charge in [0, 0.05) is 6.54 Å². The third-order valence-electron chi connectivity index (χ3n) is 2.99. The van der Waals surface area contributed by atoms with Gasteiger partial charge in [-0.25, -0.2) is 0 Å². The monoisotopic (exact) mass is 171 g/mol. The lowest BCUT2D eigenvalue weighted by Crippen LogP contribution is -2.43. The molecule has 1 rings (SSSR count). The van der Waals surface area contributed by atoms with Gasteiger partial charge in [0.2, 0.25) is 0 Å². The van der Waals surface area contributed by atoms with Crippen LogP contribution in [-0.4, -0.2) is 35.2 Å². The van der Waals surface area contributed by atoms with Crippen LogP contribution in [0.15, 0.2) is 0 Å². The summed E-state index contributed by atoms with van der Waals surface area (Å²) >= 11 is 0. The number of rotatable bonds is 3. The Bertz CT molecular complexity index is 137. The average Bonchev–Trinajstić information content (AvgIpc) is 2.38. The van der Waals surface area contributed by atoms with E-state index in [0.717, 1.165) is 6.54 Å². The van der Waals surface area contributed by atoms with Crippen LogP contribution in [0.3, 0.4) is 0 Å². The second kappa shape index (κ2) is 3.75. The minimum absolute atomic E-state index is 0.345. The summed E-state index contributed by atoms with van der Waals surface area (Å²) in [6.07, 6.45) is 2.60. The summed E-state index contributed by atoms with van der Waals surface area (Å²) in [5.74, 6) is 0.345. The van der Waals surface area contributed by atoms with E-state index >= 15 is 0 Å². The number of likely N-dealkylation sites (tertiary alicyclic amines) is 1. The maximum absolute atomic E-state index is 10.0. The Labute approximate surface area is 75.6 Å². The van der Waals surface area contributed by atoms with Crippen molar-refractivity contribution in [2.75, 3.05) is 19.6 Å². The van der Waals surface area contributed by atoms with Crippen LogP contribution < -0.4 is 0 Å². The molecule has 1 saturated heterocycles. The van der Waals surface area contributed by atoms with Crippen molar-refractivity contribution < 1.29 is 5.11 Å². The first-order chi connectivity index (χ1) is 5.52. The summed E-state index contributed by atoms with van der Waals surface area (Å²) in [6, 6.07) is 0. The van der Waals surface area contributed by atoms with E-state index in [4.69, 9.17) is 0 Å². The molecule has 0 spiro atoms. The Kier molecular flexibility index (Phi) is 3.13. The SMILES string of the molecule is CC(C)C(C)(O)CN1CCCC1. The molecule has 1 N–H and O–H groups in total. The molecule has 0 radical (unpaired) electrons. The molecule has 72 valence electrons. The van der Waals surface area contributed by atoms with Crippen molar-refractivity contribution in [2.24, 2.45) is 5.92 Å². The molecule has 0 aromatic heterocycles. The molecular formula is C10H21NO. The van der Waals surface area contributed by atoms with E-state index in [1.54, 1.807) is 0 Å². The van der Waals surface area contributed by atoms with E-state index in [2.05, 4.69) is 18.7 Å². The normalized spacial score (nSPS) is 24.8. The van der Waals surface area contributed by atoms with E-state index in [-0.39, 0.29) is 0 Å². The van der Waals surface area contributed by atoms with Crippen LogP contribution >= 0.6 is 0 Å². The zero-order chi connectivity index (χ0) is 9.19. The zero-order valence-electron chi connectivity index (χ0n) is 8.51. The lowest BCUT2D eigenvalue weighted by atomic mass is 9.92. The van der Waals surface area contributed by atoms with Crippen LogP contribution in [0.5, 0.6) is 0 Å². The number of nitrogens with zero attached hydrogens (tertiary/aromatic N) is 1. The van der Waals surface area contributed by atoms with Crippen molar-refractivity contribution in [2.45, 2.75) is 39.2 Å². The molecule has 0 bridgehead atoms. The Hall–Kier alpha value is -0.0800. The van der Waals surface area contributed by atoms with Crippen LogP contribution in [0.1, 0.15) is 33.6 Å². The molecule has 0 saturated carbocycles. The maximum Gasteiger partial charge on any atom is 0.0768 e. The molecule has 2 heteroatoms. The summed E-state index contributed by atoms with van der Waals surface area (Å²) in [7, 11) is 0.